The van der Waals surface area contributed by atoms with Gasteiger partial charge in [0.05, 0.1) is 5.56 Å². The molecule has 0 aliphatic rings. The van der Waals surface area contributed by atoms with Crippen LogP contribution in [0.2, 0.25) is 5.02 Å². The molecule has 2 aromatic rings. The lowest BCUT2D eigenvalue weighted by molar-refractivity contribution is -0.152. The molecule has 1 atom stereocenters. The van der Waals surface area contributed by atoms with Crippen LogP contribution in [0.15, 0.2) is 48.5 Å². The zero-order valence-corrected chi connectivity index (χ0v) is 14.5. The van der Waals surface area contributed by atoms with Crippen molar-refractivity contribution in [2.45, 2.75) is 13.0 Å². The topological polar surface area (TPSA) is 84.5 Å². The molecule has 0 fully saturated rings. The number of ether oxygens (including phenoxy) is 1. The van der Waals surface area contributed by atoms with E-state index in [4.69, 9.17) is 16.3 Å². The van der Waals surface area contributed by atoms with Crippen LogP contribution in [0.5, 0.6) is 0 Å². The van der Waals surface area contributed by atoms with E-state index in [-0.39, 0.29) is 5.56 Å². The molecule has 0 saturated heterocycles. The van der Waals surface area contributed by atoms with Crippen molar-refractivity contribution in [3.63, 3.8) is 0 Å². The number of halogens is 2. The third-order valence-electron chi connectivity index (χ3n) is 3.28. The van der Waals surface area contributed by atoms with Gasteiger partial charge < -0.3 is 15.4 Å². The van der Waals surface area contributed by atoms with E-state index in [1.807, 2.05) is 0 Å². The molecule has 2 N–H and O–H groups in total. The number of carbonyl (C=O) groups excluding carboxylic acids is 3. The fraction of sp³-hybridized carbons (Fsp3) is 0.167. The van der Waals surface area contributed by atoms with Crippen molar-refractivity contribution in [3.05, 3.63) is 64.9 Å². The van der Waals surface area contributed by atoms with Crippen LogP contribution in [0, 0.1) is 5.82 Å². The van der Waals surface area contributed by atoms with Crippen molar-refractivity contribution in [2.24, 2.45) is 0 Å². The Morgan fingerprint density at radius 3 is 2.58 bits per heavy atom. The van der Waals surface area contributed by atoms with Crippen molar-refractivity contribution in [1.29, 1.82) is 0 Å². The highest BCUT2D eigenvalue weighted by molar-refractivity contribution is 6.30. The molecular weight excluding hydrogens is 363 g/mol. The van der Waals surface area contributed by atoms with Gasteiger partial charge in [-0.1, -0.05) is 29.8 Å². The highest BCUT2D eigenvalue weighted by Crippen LogP contribution is 2.15. The van der Waals surface area contributed by atoms with E-state index in [2.05, 4.69) is 10.6 Å². The number of rotatable bonds is 6. The molecule has 136 valence electrons. The first-order chi connectivity index (χ1) is 12.4. The van der Waals surface area contributed by atoms with E-state index in [0.29, 0.717) is 10.7 Å². The van der Waals surface area contributed by atoms with Crippen LogP contribution >= 0.6 is 11.6 Å². The van der Waals surface area contributed by atoms with E-state index in [1.165, 1.54) is 25.1 Å². The second kappa shape index (κ2) is 8.96. The standard InChI is InChI=1S/C18H16ClFN2O4/c1-11(17(24)22-13-6-4-5-12(19)9-13)26-16(23)10-21-18(25)14-7-2-3-8-15(14)20/h2-9,11H,10H2,1H3,(H,21,25)(H,22,24)/t11-/m0/s1. The quantitative estimate of drug-likeness (QED) is 0.757. The van der Waals surface area contributed by atoms with Crippen molar-refractivity contribution in [1.82, 2.24) is 5.32 Å². The van der Waals surface area contributed by atoms with Gasteiger partial charge in [0.25, 0.3) is 11.8 Å². The van der Waals surface area contributed by atoms with Crippen molar-refractivity contribution >= 4 is 35.1 Å². The molecule has 0 unspecified atom stereocenters. The first kappa shape index (κ1) is 19.4. The zero-order chi connectivity index (χ0) is 19.1. The molecule has 6 nitrogen and oxygen atoms in total. The summed E-state index contributed by atoms with van der Waals surface area (Å²) < 4.78 is 18.4. The molecule has 2 aromatic carbocycles. The second-order valence-corrected chi connectivity index (χ2v) is 5.73. The molecule has 0 bridgehead atoms. The summed E-state index contributed by atoms with van der Waals surface area (Å²) in [5.41, 5.74) is 0.269. The van der Waals surface area contributed by atoms with Crippen molar-refractivity contribution in [3.8, 4) is 0 Å². The predicted molar refractivity (Wildman–Crippen MR) is 94.4 cm³/mol. The number of carbonyl (C=O) groups is 3. The predicted octanol–water partition coefficient (Wildman–Crippen LogP) is 2.78. The molecule has 26 heavy (non-hydrogen) atoms. The van der Waals surface area contributed by atoms with E-state index < -0.39 is 36.2 Å². The number of hydrogen-bond donors (Lipinski definition) is 2. The highest BCUT2D eigenvalue weighted by atomic mass is 35.5. The van der Waals surface area contributed by atoms with Gasteiger partial charge >= 0.3 is 5.97 Å². The first-order valence-electron chi connectivity index (χ1n) is 7.65. The van der Waals surface area contributed by atoms with Gasteiger partial charge in [0.2, 0.25) is 0 Å². The summed E-state index contributed by atoms with van der Waals surface area (Å²) in [7, 11) is 0. The molecule has 0 aliphatic carbocycles. The van der Waals surface area contributed by atoms with Gasteiger partial charge in [-0.2, -0.15) is 0 Å². The maximum Gasteiger partial charge on any atom is 0.326 e. The number of nitrogens with one attached hydrogen (secondary N) is 2. The smallest absolute Gasteiger partial charge is 0.326 e. The molecule has 0 spiro atoms. The van der Waals surface area contributed by atoms with Gasteiger partial charge in [-0.3, -0.25) is 14.4 Å². The Balaban J connectivity index is 1.82. The molecule has 0 aliphatic heterocycles. The Hall–Kier alpha value is -2.93. The van der Waals surface area contributed by atoms with Gasteiger partial charge in [-0.15, -0.1) is 0 Å². The summed E-state index contributed by atoms with van der Waals surface area (Å²) in [6.07, 6.45) is -1.09. The Kier molecular flexibility index (Phi) is 6.68. The molecule has 2 rings (SSSR count). The van der Waals surface area contributed by atoms with Crippen molar-refractivity contribution < 1.29 is 23.5 Å². The van der Waals surface area contributed by atoms with Gasteiger partial charge in [-0.25, -0.2) is 4.39 Å². The minimum absolute atomic E-state index is 0.188. The Morgan fingerprint density at radius 2 is 1.88 bits per heavy atom. The average molecular weight is 379 g/mol. The lowest BCUT2D eigenvalue weighted by atomic mass is 10.2. The van der Waals surface area contributed by atoms with Crippen LogP contribution in [0.25, 0.3) is 0 Å². The van der Waals surface area contributed by atoms with Crippen LogP contribution in [-0.2, 0) is 14.3 Å². The fourth-order valence-electron chi connectivity index (χ4n) is 2.00. The zero-order valence-electron chi connectivity index (χ0n) is 13.8. The Bertz CT molecular complexity index is 828. The molecular formula is C18H16ClFN2O4. The van der Waals surface area contributed by atoms with E-state index in [1.54, 1.807) is 24.3 Å². The second-order valence-electron chi connectivity index (χ2n) is 5.29. The van der Waals surface area contributed by atoms with E-state index in [0.717, 1.165) is 6.07 Å². The normalized spacial score (nSPS) is 11.3. The van der Waals surface area contributed by atoms with Gasteiger partial charge in [-0.05, 0) is 37.3 Å². The van der Waals surface area contributed by atoms with E-state index in [9.17, 15) is 18.8 Å². The third kappa shape index (κ3) is 5.56. The van der Waals surface area contributed by atoms with Crippen LogP contribution in [-0.4, -0.2) is 30.4 Å². The summed E-state index contributed by atoms with van der Waals surface area (Å²) in [6.45, 7) is 0.887. The van der Waals surface area contributed by atoms with Crippen molar-refractivity contribution in [2.75, 3.05) is 11.9 Å². The van der Waals surface area contributed by atoms with Gasteiger partial charge in [0.1, 0.15) is 12.4 Å². The average Bonchev–Trinajstić information content (AvgIpc) is 2.60. The maximum atomic E-state index is 13.5. The van der Waals surface area contributed by atoms with E-state index >= 15 is 0 Å². The number of anilines is 1. The summed E-state index contributed by atoms with van der Waals surface area (Å²) in [5.74, 6) is -2.84. The number of amides is 2. The fourth-order valence-corrected chi connectivity index (χ4v) is 2.19. The molecule has 8 heteroatoms. The summed E-state index contributed by atoms with van der Waals surface area (Å²) in [4.78, 5) is 35.6. The van der Waals surface area contributed by atoms with Crippen LogP contribution in [0.1, 0.15) is 17.3 Å². The largest absolute Gasteiger partial charge is 0.451 e. The summed E-state index contributed by atoms with van der Waals surface area (Å²) in [5, 5.41) is 5.23. The lowest BCUT2D eigenvalue weighted by Crippen LogP contribution is -2.36. The SMILES string of the molecule is C[C@H](OC(=O)CNC(=O)c1ccccc1F)C(=O)Nc1cccc(Cl)c1. The monoisotopic (exact) mass is 378 g/mol. The molecule has 0 aromatic heterocycles. The number of hydrogen-bond acceptors (Lipinski definition) is 4. The summed E-state index contributed by atoms with van der Waals surface area (Å²) in [6, 6.07) is 11.9. The van der Waals surface area contributed by atoms with Crippen LogP contribution < -0.4 is 10.6 Å². The molecule has 2 amide bonds. The van der Waals surface area contributed by atoms with Gasteiger partial charge in [0, 0.05) is 10.7 Å². The molecule has 0 heterocycles. The lowest BCUT2D eigenvalue weighted by Gasteiger charge is -2.14. The highest BCUT2D eigenvalue weighted by Gasteiger charge is 2.19. The minimum Gasteiger partial charge on any atom is -0.451 e. The molecule has 0 saturated carbocycles. The molecule has 0 radical (unpaired) electrons. The van der Waals surface area contributed by atoms with Crippen LogP contribution in [0.3, 0.4) is 0 Å². The van der Waals surface area contributed by atoms with Gasteiger partial charge in [0.15, 0.2) is 6.10 Å². The van der Waals surface area contributed by atoms with Crippen LogP contribution in [0.4, 0.5) is 10.1 Å². The number of benzene rings is 2. The third-order valence-corrected chi connectivity index (χ3v) is 3.52. The first-order valence-corrected chi connectivity index (χ1v) is 8.03. The Morgan fingerprint density at radius 1 is 1.15 bits per heavy atom. The summed E-state index contributed by atoms with van der Waals surface area (Å²) >= 11 is 5.82. The minimum atomic E-state index is -1.09. The Labute approximate surface area is 154 Å². The maximum absolute atomic E-state index is 13.5. The number of esters is 1.